The maximum atomic E-state index is 12.5. The van der Waals surface area contributed by atoms with Gasteiger partial charge in [0.1, 0.15) is 5.75 Å². The molecule has 1 aromatic heterocycles. The number of imide groups is 1. The summed E-state index contributed by atoms with van der Waals surface area (Å²) in [4.78, 5) is 34.2. The van der Waals surface area contributed by atoms with Gasteiger partial charge < -0.3 is 20.3 Å². The molecular weight excluding hydrogens is 687 g/mol. The number of anilines is 1. The molecule has 10 nitrogen and oxygen atoms in total. The van der Waals surface area contributed by atoms with Gasteiger partial charge in [-0.1, -0.05) is 36.4 Å². The van der Waals surface area contributed by atoms with Gasteiger partial charge in [0.05, 0.1) is 6.04 Å². The Bertz CT molecular complexity index is 2220. The average molecular weight is 740 g/mol. The van der Waals surface area contributed by atoms with Crippen LogP contribution in [0.2, 0.25) is 0 Å². The van der Waals surface area contributed by atoms with Crippen LogP contribution < -0.4 is 16.0 Å². The molecule has 0 aliphatic carbocycles. The number of carbonyl (C=O) groups excluding carboxylic acids is 2. The van der Waals surface area contributed by atoms with Crippen LogP contribution >= 0.6 is 0 Å². The Kier molecular flexibility index (Phi) is 10.1. The smallest absolute Gasteiger partial charge is 0.243 e. The molecule has 5 heterocycles. The third-order valence-electron chi connectivity index (χ3n) is 12.6. The van der Waals surface area contributed by atoms with Crippen molar-refractivity contribution in [2.45, 2.75) is 64.3 Å². The van der Waals surface area contributed by atoms with Gasteiger partial charge in [-0.2, -0.15) is 0 Å². The van der Waals surface area contributed by atoms with Crippen molar-refractivity contribution in [1.82, 2.24) is 24.6 Å². The van der Waals surface area contributed by atoms with E-state index in [-0.39, 0.29) is 23.6 Å². The number of phenols is 1. The highest BCUT2D eigenvalue weighted by Gasteiger charge is 2.35. The van der Waals surface area contributed by atoms with Crippen molar-refractivity contribution in [3.05, 3.63) is 95.7 Å². The summed E-state index contributed by atoms with van der Waals surface area (Å²) in [6, 6.07) is 25.6. The normalized spacial score (nSPS) is 20.5. The number of fused-ring (bicyclic) bond motifs is 3. The number of carbonyl (C=O) groups is 2. The number of nitrogens with two attached hydrogens (primary N) is 1. The molecule has 4 aliphatic heterocycles. The number of piperidine rings is 2. The predicted molar refractivity (Wildman–Crippen MR) is 219 cm³/mol. The maximum Gasteiger partial charge on any atom is 0.243 e. The van der Waals surface area contributed by atoms with Crippen LogP contribution in [-0.2, 0) is 35.8 Å². The van der Waals surface area contributed by atoms with E-state index in [4.69, 9.17) is 5.73 Å². The number of phenolic OH excluding ortho intramolecular Hbond substituents is 1. The second kappa shape index (κ2) is 15.4. The van der Waals surface area contributed by atoms with Crippen LogP contribution in [0.25, 0.3) is 32.8 Å². The Labute approximate surface area is 323 Å². The van der Waals surface area contributed by atoms with Crippen LogP contribution in [0.1, 0.15) is 48.8 Å². The van der Waals surface area contributed by atoms with Crippen LogP contribution in [0.3, 0.4) is 0 Å². The highest BCUT2D eigenvalue weighted by Crippen LogP contribution is 2.39. The van der Waals surface area contributed by atoms with E-state index < -0.39 is 0 Å². The third kappa shape index (κ3) is 7.48. The number of aromatic hydroxyl groups is 1. The average Bonchev–Trinajstić information content (AvgIpc) is 3.78. The molecule has 4 aliphatic rings. The quantitative estimate of drug-likeness (QED) is 0.157. The Morgan fingerprint density at radius 2 is 1.60 bits per heavy atom. The molecule has 0 bridgehead atoms. The molecule has 3 saturated heterocycles. The van der Waals surface area contributed by atoms with Crippen molar-refractivity contribution in [2.75, 3.05) is 57.3 Å². The summed E-state index contributed by atoms with van der Waals surface area (Å²) >= 11 is 0. The zero-order chi connectivity index (χ0) is 37.5. The maximum absolute atomic E-state index is 12.5. The summed E-state index contributed by atoms with van der Waals surface area (Å²) < 4.78 is 2.33. The van der Waals surface area contributed by atoms with Crippen LogP contribution in [0.4, 0.5) is 5.69 Å². The van der Waals surface area contributed by atoms with Crippen molar-refractivity contribution in [1.29, 1.82) is 0 Å². The lowest BCUT2D eigenvalue weighted by molar-refractivity contribution is -0.137. The van der Waals surface area contributed by atoms with Crippen molar-refractivity contribution in [3.8, 4) is 16.9 Å². The molecule has 286 valence electrons. The summed E-state index contributed by atoms with van der Waals surface area (Å²) in [7, 11) is 0. The fourth-order valence-electron chi connectivity index (χ4n) is 9.62. The van der Waals surface area contributed by atoms with Gasteiger partial charge in [0.15, 0.2) is 0 Å². The van der Waals surface area contributed by atoms with Crippen molar-refractivity contribution >= 4 is 39.2 Å². The molecule has 4 aromatic carbocycles. The van der Waals surface area contributed by atoms with Crippen LogP contribution in [0.15, 0.2) is 79.0 Å². The van der Waals surface area contributed by atoms with Gasteiger partial charge >= 0.3 is 0 Å². The molecule has 1 unspecified atom stereocenters. The highest BCUT2D eigenvalue weighted by molar-refractivity contribution is 6.06. The lowest BCUT2D eigenvalue weighted by Crippen LogP contribution is -2.50. The number of piperazine rings is 1. The fraction of sp³-hybridized carbons (Fsp3) is 0.422. The molecule has 4 N–H and O–H groups in total. The van der Waals surface area contributed by atoms with E-state index in [1.54, 1.807) is 0 Å². The molecule has 1 atom stereocenters. The Morgan fingerprint density at radius 3 is 2.42 bits per heavy atom. The van der Waals surface area contributed by atoms with Gasteiger partial charge in [-0.05, 0) is 121 Å². The number of hydrogen-bond acceptors (Lipinski definition) is 8. The number of aromatic nitrogens is 1. The predicted octanol–water partition coefficient (Wildman–Crippen LogP) is 5.67. The molecule has 55 heavy (non-hydrogen) atoms. The zero-order valence-electron chi connectivity index (χ0n) is 31.8. The van der Waals surface area contributed by atoms with E-state index in [0.717, 1.165) is 99.7 Å². The lowest BCUT2D eigenvalue weighted by Gasteiger charge is -2.39. The molecular formula is C45H53N7O3. The number of hydrogen-bond donors (Lipinski definition) is 3. The van der Waals surface area contributed by atoms with Crippen LogP contribution in [0, 0.1) is 5.92 Å². The van der Waals surface area contributed by atoms with E-state index in [2.05, 4.69) is 90.3 Å². The molecule has 0 saturated carbocycles. The number of nitrogens with one attached hydrogen (secondary N) is 1. The second-order valence-corrected chi connectivity index (χ2v) is 16.3. The van der Waals surface area contributed by atoms with Crippen molar-refractivity contribution in [2.24, 2.45) is 11.7 Å². The van der Waals surface area contributed by atoms with Gasteiger partial charge in [-0.3, -0.25) is 29.6 Å². The summed E-state index contributed by atoms with van der Waals surface area (Å²) in [5, 5.41) is 16.6. The molecule has 2 amide bonds. The van der Waals surface area contributed by atoms with Gasteiger partial charge in [0.2, 0.25) is 11.8 Å². The zero-order valence-corrected chi connectivity index (χ0v) is 31.8. The monoisotopic (exact) mass is 739 g/mol. The highest BCUT2D eigenvalue weighted by atomic mass is 16.3. The van der Waals surface area contributed by atoms with E-state index in [1.165, 1.54) is 52.7 Å². The summed E-state index contributed by atoms with van der Waals surface area (Å²) in [5.74, 6) is 0.712. The second-order valence-electron chi connectivity index (χ2n) is 16.3. The summed E-state index contributed by atoms with van der Waals surface area (Å²) in [6.07, 6.45) is 6.65. The minimum absolute atomic E-state index is 0.149. The molecule has 0 spiro atoms. The molecule has 3 fully saturated rings. The number of amides is 2. The lowest BCUT2D eigenvalue weighted by atomic mass is 9.95. The molecule has 10 heteroatoms. The largest absolute Gasteiger partial charge is 0.508 e. The van der Waals surface area contributed by atoms with Crippen molar-refractivity contribution in [3.63, 3.8) is 0 Å². The van der Waals surface area contributed by atoms with Gasteiger partial charge in [-0.15, -0.1) is 0 Å². The third-order valence-corrected chi connectivity index (χ3v) is 12.6. The minimum atomic E-state index is -0.218. The molecule has 9 rings (SSSR count). The number of aryl methyl sites for hydroxylation is 1. The van der Waals surface area contributed by atoms with Crippen LogP contribution in [0.5, 0.6) is 5.75 Å². The van der Waals surface area contributed by atoms with E-state index in [1.807, 2.05) is 18.2 Å². The SMILES string of the molecule is NCCCn1cc(-c2cc(O)cc3ccccc23)c2cc(CN3CCC(CN4CCN(c5ccc6c(c5)CN(C5CCC(=O)NC5=O)C6)CC4)CC3)ccc21. The number of nitrogens with zero attached hydrogens (tertiary/aromatic N) is 5. The number of rotatable bonds is 10. The summed E-state index contributed by atoms with van der Waals surface area (Å²) in [5.41, 5.74) is 14.6. The first kappa shape index (κ1) is 35.9. The first-order valence-corrected chi connectivity index (χ1v) is 20.3. The van der Waals surface area contributed by atoms with E-state index in [9.17, 15) is 14.7 Å². The van der Waals surface area contributed by atoms with Gasteiger partial charge in [-0.25, -0.2) is 0 Å². The van der Waals surface area contributed by atoms with Gasteiger partial charge in [0.25, 0.3) is 0 Å². The van der Waals surface area contributed by atoms with E-state index in [0.29, 0.717) is 19.4 Å². The topological polar surface area (TPSA) is 110 Å². The Morgan fingerprint density at radius 1 is 0.782 bits per heavy atom. The fourth-order valence-corrected chi connectivity index (χ4v) is 9.62. The first-order chi connectivity index (χ1) is 26.9. The minimum Gasteiger partial charge on any atom is -0.508 e. The summed E-state index contributed by atoms with van der Waals surface area (Å²) in [6.45, 7) is 11.7. The van der Waals surface area contributed by atoms with E-state index >= 15 is 0 Å². The number of benzene rings is 4. The molecule has 5 aromatic rings. The Balaban J connectivity index is 0.795. The van der Waals surface area contributed by atoms with Gasteiger partial charge in [0, 0.05) is 93.7 Å². The Hall–Kier alpha value is -4.74. The van der Waals surface area contributed by atoms with Crippen molar-refractivity contribution < 1.29 is 14.7 Å². The van der Waals surface area contributed by atoms with Crippen LogP contribution in [-0.4, -0.2) is 94.6 Å². The first-order valence-electron chi connectivity index (χ1n) is 20.3. The number of likely N-dealkylation sites (tertiary alicyclic amines) is 1. The standard InChI is InChI=1S/C45H53N7O3/c46-14-3-15-51-30-41(39-25-37(53)24-33-4-1-2-5-38(33)39)40-22-32(6-9-42(40)51)27-48-16-12-31(13-17-48)26-49-18-20-50(21-19-49)36-8-7-34-28-52(29-35(34)23-36)43-10-11-44(54)47-45(43)55/h1-2,4-9,22-25,30-31,43,53H,3,10-21,26-29,46H2,(H,47,54,55). The molecule has 0 radical (unpaired) electrons.